The molecule has 0 unspecified atom stereocenters. The molecule has 0 bridgehead atoms. The van der Waals surface area contributed by atoms with E-state index < -0.39 is 39.0 Å². The van der Waals surface area contributed by atoms with Crippen molar-refractivity contribution in [1.82, 2.24) is 0 Å². The summed E-state index contributed by atoms with van der Waals surface area (Å²) in [6.45, 7) is 2.02. The SMILES string of the molecule is CCCCc1ccc(S(=O)(=O)Nc2c(F)c(F)cc(F)c2F)cc1. The van der Waals surface area contributed by atoms with Gasteiger partial charge in [0.25, 0.3) is 10.0 Å². The van der Waals surface area contributed by atoms with Gasteiger partial charge in [0, 0.05) is 6.07 Å². The van der Waals surface area contributed by atoms with Crippen LogP contribution < -0.4 is 4.72 Å². The van der Waals surface area contributed by atoms with Gasteiger partial charge in [0.15, 0.2) is 23.3 Å². The van der Waals surface area contributed by atoms with Crippen molar-refractivity contribution in [1.29, 1.82) is 0 Å². The highest BCUT2D eigenvalue weighted by atomic mass is 32.2. The van der Waals surface area contributed by atoms with Crippen LogP contribution in [0.2, 0.25) is 0 Å². The molecule has 0 aliphatic carbocycles. The van der Waals surface area contributed by atoms with Gasteiger partial charge in [-0.3, -0.25) is 4.72 Å². The van der Waals surface area contributed by atoms with Crippen LogP contribution in [0.15, 0.2) is 35.2 Å². The molecule has 0 aliphatic rings. The summed E-state index contributed by atoms with van der Waals surface area (Å²) >= 11 is 0. The first kappa shape index (κ1) is 18.3. The van der Waals surface area contributed by atoms with Crippen LogP contribution in [0.1, 0.15) is 25.3 Å². The van der Waals surface area contributed by atoms with Gasteiger partial charge in [-0.25, -0.2) is 26.0 Å². The Balaban J connectivity index is 2.32. The molecular formula is C16H15F4NO2S. The minimum atomic E-state index is -4.39. The average molecular weight is 361 g/mol. The zero-order valence-electron chi connectivity index (χ0n) is 12.7. The van der Waals surface area contributed by atoms with Gasteiger partial charge in [-0.05, 0) is 30.5 Å². The largest absolute Gasteiger partial charge is 0.274 e. The fraction of sp³-hybridized carbons (Fsp3) is 0.250. The molecule has 0 saturated carbocycles. The molecule has 3 nitrogen and oxygen atoms in total. The first-order valence-corrected chi connectivity index (χ1v) is 8.69. The van der Waals surface area contributed by atoms with Crippen LogP contribution in [0.25, 0.3) is 0 Å². The van der Waals surface area contributed by atoms with Gasteiger partial charge >= 0.3 is 0 Å². The van der Waals surface area contributed by atoms with E-state index in [0.29, 0.717) is 0 Å². The summed E-state index contributed by atoms with van der Waals surface area (Å²) < 4.78 is 79.4. The zero-order valence-corrected chi connectivity index (χ0v) is 13.6. The molecule has 1 N–H and O–H groups in total. The molecule has 2 aromatic rings. The Morgan fingerprint density at radius 2 is 1.50 bits per heavy atom. The van der Waals surface area contributed by atoms with E-state index in [-0.39, 0.29) is 11.0 Å². The molecule has 0 radical (unpaired) electrons. The third kappa shape index (κ3) is 3.87. The van der Waals surface area contributed by atoms with Gasteiger partial charge in [0.1, 0.15) is 5.69 Å². The maximum atomic E-state index is 13.6. The predicted octanol–water partition coefficient (Wildman–Crippen LogP) is 4.39. The number of rotatable bonds is 6. The number of hydrogen-bond donors (Lipinski definition) is 1. The smallest absolute Gasteiger partial charge is 0.262 e. The molecule has 8 heteroatoms. The van der Waals surface area contributed by atoms with Crippen molar-refractivity contribution < 1.29 is 26.0 Å². The molecule has 0 spiro atoms. The van der Waals surface area contributed by atoms with Gasteiger partial charge in [-0.2, -0.15) is 0 Å². The summed E-state index contributed by atoms with van der Waals surface area (Å²) in [7, 11) is -4.39. The van der Waals surface area contributed by atoms with Crippen molar-refractivity contribution >= 4 is 15.7 Å². The first-order chi connectivity index (χ1) is 11.3. The number of unbranched alkanes of at least 4 members (excludes halogenated alkanes) is 1. The third-order valence-corrected chi connectivity index (χ3v) is 4.77. The lowest BCUT2D eigenvalue weighted by Gasteiger charge is -2.11. The second-order valence-corrected chi connectivity index (χ2v) is 6.88. The van der Waals surface area contributed by atoms with Crippen LogP contribution in [-0.4, -0.2) is 8.42 Å². The van der Waals surface area contributed by atoms with Crippen LogP contribution >= 0.6 is 0 Å². The fourth-order valence-corrected chi connectivity index (χ4v) is 3.13. The number of nitrogens with one attached hydrogen (secondary N) is 1. The Hall–Kier alpha value is -2.09. The lowest BCUT2D eigenvalue weighted by atomic mass is 10.1. The maximum Gasteiger partial charge on any atom is 0.262 e. The molecule has 0 amide bonds. The standard InChI is InChI=1S/C16H15F4NO2S/c1-2-3-4-10-5-7-11(8-6-10)24(22,23)21-16-14(19)12(17)9-13(18)15(16)20/h5-9,21H,2-4H2,1H3. The molecule has 0 saturated heterocycles. The Morgan fingerprint density at radius 1 is 0.958 bits per heavy atom. The van der Waals surface area contributed by atoms with Crippen molar-refractivity contribution in [3.05, 3.63) is 59.2 Å². The van der Waals surface area contributed by atoms with Crippen molar-refractivity contribution in [2.24, 2.45) is 0 Å². The van der Waals surface area contributed by atoms with Gasteiger partial charge in [-0.15, -0.1) is 0 Å². The van der Waals surface area contributed by atoms with Crippen molar-refractivity contribution in [2.75, 3.05) is 4.72 Å². The van der Waals surface area contributed by atoms with Crippen LogP contribution in [0.4, 0.5) is 23.2 Å². The fourth-order valence-electron chi connectivity index (χ4n) is 2.07. The van der Waals surface area contributed by atoms with Crippen molar-refractivity contribution in [3.8, 4) is 0 Å². The van der Waals surface area contributed by atoms with E-state index in [1.165, 1.54) is 12.1 Å². The van der Waals surface area contributed by atoms with E-state index >= 15 is 0 Å². The Bertz CT molecular complexity index is 810. The quantitative estimate of drug-likeness (QED) is 0.613. The van der Waals surface area contributed by atoms with Crippen LogP contribution in [0.5, 0.6) is 0 Å². The lowest BCUT2D eigenvalue weighted by molar-refractivity contribution is 0.459. The summed E-state index contributed by atoms with van der Waals surface area (Å²) in [6, 6.07) is 5.68. The normalized spacial score (nSPS) is 11.5. The van der Waals surface area contributed by atoms with E-state index in [4.69, 9.17) is 0 Å². The second-order valence-electron chi connectivity index (χ2n) is 5.20. The van der Waals surface area contributed by atoms with Crippen molar-refractivity contribution in [3.63, 3.8) is 0 Å². The van der Waals surface area contributed by atoms with Gasteiger partial charge in [0.05, 0.1) is 4.90 Å². The lowest BCUT2D eigenvalue weighted by Crippen LogP contribution is -2.16. The minimum Gasteiger partial charge on any atom is -0.274 e. The van der Waals surface area contributed by atoms with Crippen molar-refractivity contribution in [2.45, 2.75) is 31.1 Å². The Labute approximate surface area is 137 Å². The van der Waals surface area contributed by atoms with Gasteiger partial charge < -0.3 is 0 Å². The minimum absolute atomic E-state index is 0.00495. The van der Waals surface area contributed by atoms with Crippen LogP contribution in [-0.2, 0) is 16.4 Å². The molecular weight excluding hydrogens is 346 g/mol. The van der Waals surface area contributed by atoms with E-state index in [1.807, 2.05) is 6.92 Å². The van der Waals surface area contributed by atoms with Gasteiger partial charge in [0.2, 0.25) is 0 Å². The number of hydrogen-bond acceptors (Lipinski definition) is 2. The zero-order chi connectivity index (χ0) is 17.9. The molecule has 130 valence electrons. The number of aryl methyl sites for hydroxylation is 1. The number of benzene rings is 2. The van der Waals surface area contributed by atoms with E-state index in [2.05, 4.69) is 0 Å². The monoisotopic (exact) mass is 361 g/mol. The number of sulfonamides is 1. The molecule has 0 atom stereocenters. The molecule has 24 heavy (non-hydrogen) atoms. The molecule has 0 aromatic heterocycles. The first-order valence-electron chi connectivity index (χ1n) is 7.21. The topological polar surface area (TPSA) is 46.2 Å². The Morgan fingerprint density at radius 3 is 2.00 bits per heavy atom. The molecule has 0 fully saturated rings. The molecule has 0 aliphatic heterocycles. The van der Waals surface area contributed by atoms with E-state index in [1.54, 1.807) is 16.9 Å². The van der Waals surface area contributed by atoms with E-state index in [0.717, 1.165) is 24.8 Å². The maximum absolute atomic E-state index is 13.6. The molecule has 2 rings (SSSR count). The summed E-state index contributed by atoms with van der Waals surface area (Å²) in [5.41, 5.74) is -0.479. The number of anilines is 1. The highest BCUT2D eigenvalue weighted by Crippen LogP contribution is 2.26. The molecule has 2 aromatic carbocycles. The predicted molar refractivity (Wildman–Crippen MR) is 82.1 cm³/mol. The highest BCUT2D eigenvalue weighted by Gasteiger charge is 2.24. The van der Waals surface area contributed by atoms with Crippen LogP contribution in [0.3, 0.4) is 0 Å². The summed E-state index contributed by atoms with van der Waals surface area (Å²) in [5, 5.41) is 0. The Kier molecular flexibility index (Phi) is 5.48. The third-order valence-electron chi connectivity index (χ3n) is 3.40. The highest BCUT2D eigenvalue weighted by molar-refractivity contribution is 7.92. The number of halogens is 4. The summed E-state index contributed by atoms with van der Waals surface area (Å²) in [5.74, 6) is -7.00. The summed E-state index contributed by atoms with van der Waals surface area (Å²) in [4.78, 5) is -0.272. The average Bonchev–Trinajstić information content (AvgIpc) is 2.55. The van der Waals surface area contributed by atoms with E-state index in [9.17, 15) is 26.0 Å². The molecule has 0 heterocycles. The van der Waals surface area contributed by atoms with Gasteiger partial charge in [-0.1, -0.05) is 25.5 Å². The van der Waals surface area contributed by atoms with Crippen LogP contribution in [0, 0.1) is 23.3 Å². The second kappa shape index (κ2) is 7.21. The summed E-state index contributed by atoms with van der Waals surface area (Å²) in [6.07, 6.45) is 2.68.